The third-order valence-electron chi connectivity index (χ3n) is 7.96. The Morgan fingerprint density at radius 1 is 1.16 bits per heavy atom. The van der Waals surface area contributed by atoms with Gasteiger partial charge in [0.05, 0.1) is 5.56 Å². The van der Waals surface area contributed by atoms with Crippen molar-refractivity contribution >= 4 is 17.9 Å². The highest BCUT2D eigenvalue weighted by molar-refractivity contribution is 6.07. The van der Waals surface area contributed by atoms with E-state index >= 15 is 0 Å². The molecule has 0 radical (unpaired) electrons. The van der Waals surface area contributed by atoms with Crippen LogP contribution in [-0.2, 0) is 9.53 Å². The molecular weight excluding hydrogens is 394 g/mol. The normalized spacial score (nSPS) is 33.6. The number of piperidine rings is 1. The van der Waals surface area contributed by atoms with Crippen molar-refractivity contribution < 1.29 is 19.1 Å². The Kier molecular flexibility index (Phi) is 6.20. The maximum absolute atomic E-state index is 13.2. The maximum Gasteiger partial charge on any atom is 0.338 e. The van der Waals surface area contributed by atoms with E-state index in [4.69, 9.17) is 4.74 Å². The summed E-state index contributed by atoms with van der Waals surface area (Å²) < 4.78 is 5.59. The number of likely N-dealkylation sites (tertiary alicyclic amines) is 1. The number of urea groups is 1. The molecule has 0 bridgehead atoms. The third kappa shape index (κ3) is 3.63. The van der Waals surface area contributed by atoms with E-state index in [-0.39, 0.29) is 41.5 Å². The highest BCUT2D eigenvalue weighted by Gasteiger charge is 2.65. The fourth-order valence-electron chi connectivity index (χ4n) is 5.59. The Morgan fingerprint density at radius 2 is 1.81 bits per heavy atom. The van der Waals surface area contributed by atoms with Gasteiger partial charge >= 0.3 is 12.0 Å². The number of esters is 1. The van der Waals surface area contributed by atoms with Crippen LogP contribution in [0, 0.1) is 5.92 Å². The third-order valence-corrected chi connectivity index (χ3v) is 7.96. The van der Waals surface area contributed by atoms with Gasteiger partial charge in [-0.2, -0.15) is 0 Å². The number of likely N-dealkylation sites (N-methyl/N-ethyl adjacent to an activating group) is 1. The van der Waals surface area contributed by atoms with Crippen molar-refractivity contribution in [1.82, 2.24) is 15.1 Å². The Hall–Kier alpha value is -2.41. The molecule has 0 saturated carbocycles. The van der Waals surface area contributed by atoms with Crippen LogP contribution in [0.2, 0.25) is 0 Å². The lowest BCUT2D eigenvalue weighted by Crippen LogP contribution is -2.75. The van der Waals surface area contributed by atoms with Gasteiger partial charge in [-0.15, -0.1) is 0 Å². The number of rotatable bonds is 6. The highest BCUT2D eigenvalue weighted by Crippen LogP contribution is 2.51. The summed E-state index contributed by atoms with van der Waals surface area (Å²) in [6.45, 7) is 11.4. The first-order chi connectivity index (χ1) is 14.6. The number of benzene rings is 1. The second-order valence-corrected chi connectivity index (χ2v) is 9.38. The molecule has 2 saturated heterocycles. The van der Waals surface area contributed by atoms with Gasteiger partial charge in [-0.05, 0) is 45.2 Å². The van der Waals surface area contributed by atoms with E-state index in [9.17, 15) is 14.4 Å². The first-order valence-electron chi connectivity index (χ1n) is 11.2. The highest BCUT2D eigenvalue weighted by atomic mass is 16.5. The monoisotopic (exact) mass is 429 g/mol. The summed E-state index contributed by atoms with van der Waals surface area (Å²) >= 11 is 0. The van der Waals surface area contributed by atoms with Gasteiger partial charge in [0.25, 0.3) is 5.91 Å². The Bertz CT molecular complexity index is 860. The van der Waals surface area contributed by atoms with Crippen LogP contribution in [-0.4, -0.2) is 64.5 Å². The fourth-order valence-corrected chi connectivity index (χ4v) is 5.59. The zero-order valence-corrected chi connectivity index (χ0v) is 19.5. The summed E-state index contributed by atoms with van der Waals surface area (Å²) in [5.41, 5.74) is -1.09. The van der Waals surface area contributed by atoms with Gasteiger partial charge in [-0.25, -0.2) is 9.59 Å². The number of ether oxygens (including phenoxy) is 1. The summed E-state index contributed by atoms with van der Waals surface area (Å²) in [4.78, 5) is 41.6. The van der Waals surface area contributed by atoms with Crippen LogP contribution in [0.4, 0.5) is 4.79 Å². The van der Waals surface area contributed by atoms with Crippen molar-refractivity contribution in [3.05, 3.63) is 35.9 Å². The molecule has 7 heteroatoms. The molecule has 0 aromatic heterocycles. The second-order valence-electron chi connectivity index (χ2n) is 9.38. The van der Waals surface area contributed by atoms with Crippen LogP contribution < -0.4 is 5.32 Å². The molecule has 2 aliphatic rings. The van der Waals surface area contributed by atoms with Crippen LogP contribution in [0.1, 0.15) is 64.2 Å². The molecule has 4 unspecified atom stereocenters. The zero-order valence-electron chi connectivity index (χ0n) is 19.5. The molecule has 170 valence electrons. The quantitative estimate of drug-likeness (QED) is 0.554. The largest absolute Gasteiger partial charge is 0.461 e. The number of imide groups is 1. The van der Waals surface area contributed by atoms with E-state index in [1.807, 2.05) is 18.2 Å². The predicted molar refractivity (Wildman–Crippen MR) is 119 cm³/mol. The van der Waals surface area contributed by atoms with Gasteiger partial charge < -0.3 is 10.1 Å². The second kappa shape index (κ2) is 8.26. The minimum absolute atomic E-state index is 0.115. The van der Waals surface area contributed by atoms with E-state index in [0.717, 1.165) is 12.8 Å². The zero-order chi connectivity index (χ0) is 23.0. The van der Waals surface area contributed by atoms with Crippen molar-refractivity contribution in [2.24, 2.45) is 5.92 Å². The molecular formula is C24H35N3O4. The van der Waals surface area contributed by atoms with Crippen molar-refractivity contribution in [3.8, 4) is 0 Å². The SMILES string of the molecule is CCC1(C)CC2(NC(=O)N(C)C2=O)C(C)C(C)(CC)N1CCOC(=O)c1ccccc1. The van der Waals surface area contributed by atoms with Crippen molar-refractivity contribution in [1.29, 1.82) is 0 Å². The van der Waals surface area contributed by atoms with E-state index < -0.39 is 5.54 Å². The molecule has 1 N–H and O–H groups in total. The first-order valence-corrected chi connectivity index (χ1v) is 11.2. The molecule has 2 fully saturated rings. The van der Waals surface area contributed by atoms with Gasteiger partial charge in [0.15, 0.2) is 0 Å². The molecule has 3 rings (SSSR count). The molecule has 1 aromatic carbocycles. The first kappa shape index (κ1) is 23.3. The van der Waals surface area contributed by atoms with Crippen LogP contribution in [0.3, 0.4) is 0 Å². The van der Waals surface area contributed by atoms with Crippen molar-refractivity contribution in [2.75, 3.05) is 20.2 Å². The molecule has 3 amide bonds. The predicted octanol–water partition coefficient (Wildman–Crippen LogP) is 3.44. The van der Waals surface area contributed by atoms with E-state index in [1.165, 1.54) is 4.90 Å². The number of hydrogen-bond donors (Lipinski definition) is 1. The molecule has 4 atom stereocenters. The van der Waals surface area contributed by atoms with E-state index in [1.54, 1.807) is 19.2 Å². The number of nitrogens with one attached hydrogen (secondary N) is 1. The maximum atomic E-state index is 13.2. The lowest BCUT2D eigenvalue weighted by Gasteiger charge is -2.63. The van der Waals surface area contributed by atoms with Crippen LogP contribution in [0.15, 0.2) is 30.3 Å². The van der Waals surface area contributed by atoms with Gasteiger partial charge in [0.2, 0.25) is 0 Å². The number of carbonyl (C=O) groups excluding carboxylic acids is 3. The number of carbonyl (C=O) groups is 3. The number of hydrogen-bond acceptors (Lipinski definition) is 5. The van der Waals surface area contributed by atoms with Crippen LogP contribution in [0.25, 0.3) is 0 Å². The molecule has 2 heterocycles. The Balaban J connectivity index is 1.85. The average Bonchev–Trinajstić information content (AvgIpc) is 2.99. The molecule has 1 spiro atoms. The lowest BCUT2D eigenvalue weighted by atomic mass is 9.60. The number of nitrogens with zero attached hydrogens (tertiary/aromatic N) is 2. The summed E-state index contributed by atoms with van der Waals surface area (Å²) in [5.74, 6) is -0.603. The summed E-state index contributed by atoms with van der Waals surface area (Å²) in [5, 5.41) is 3.04. The summed E-state index contributed by atoms with van der Waals surface area (Å²) in [6, 6.07) is 8.64. The average molecular weight is 430 g/mol. The molecule has 2 aliphatic heterocycles. The summed E-state index contributed by atoms with van der Waals surface area (Å²) in [7, 11) is 1.54. The van der Waals surface area contributed by atoms with E-state index in [0.29, 0.717) is 18.5 Å². The minimum atomic E-state index is -0.918. The fraction of sp³-hybridized carbons (Fsp3) is 0.625. The molecule has 1 aromatic rings. The minimum Gasteiger partial charge on any atom is -0.461 e. The number of amides is 3. The Morgan fingerprint density at radius 3 is 2.32 bits per heavy atom. The topological polar surface area (TPSA) is 79.0 Å². The standard InChI is InChI=1S/C24H35N3O4/c1-7-22(4)16-24(20(29)26(6)21(30)25-24)17(3)23(5,8-2)27(22)14-15-31-19(28)18-12-10-9-11-13-18/h9-13,17H,7-8,14-16H2,1-6H3,(H,25,30). The van der Waals surface area contributed by atoms with Crippen LogP contribution in [0.5, 0.6) is 0 Å². The van der Waals surface area contributed by atoms with Gasteiger partial charge in [-0.1, -0.05) is 39.0 Å². The van der Waals surface area contributed by atoms with Crippen molar-refractivity contribution in [2.45, 2.75) is 70.5 Å². The molecule has 7 nitrogen and oxygen atoms in total. The Labute approximate surface area is 185 Å². The van der Waals surface area contributed by atoms with Crippen LogP contribution >= 0.6 is 0 Å². The smallest absolute Gasteiger partial charge is 0.338 e. The van der Waals surface area contributed by atoms with Gasteiger partial charge in [0, 0.05) is 30.6 Å². The van der Waals surface area contributed by atoms with E-state index in [2.05, 4.69) is 44.8 Å². The lowest BCUT2D eigenvalue weighted by molar-refractivity contribution is -0.155. The molecule has 31 heavy (non-hydrogen) atoms. The van der Waals surface area contributed by atoms with Gasteiger partial charge in [-0.3, -0.25) is 14.6 Å². The van der Waals surface area contributed by atoms with Gasteiger partial charge in [0.1, 0.15) is 12.1 Å². The summed E-state index contributed by atoms with van der Waals surface area (Å²) in [6.07, 6.45) is 2.12. The molecule has 0 aliphatic carbocycles. The van der Waals surface area contributed by atoms with Crippen molar-refractivity contribution in [3.63, 3.8) is 0 Å².